The lowest BCUT2D eigenvalue weighted by Crippen LogP contribution is -2.46. The van der Waals surface area contributed by atoms with E-state index in [1.807, 2.05) is 25.7 Å². The number of rotatable bonds is 3. The number of nitrogens with one attached hydrogen (secondary N) is 1. The van der Waals surface area contributed by atoms with E-state index in [1.54, 1.807) is 0 Å². The zero-order valence-corrected chi connectivity index (χ0v) is 13.6. The maximum atomic E-state index is 12.7. The summed E-state index contributed by atoms with van der Waals surface area (Å²) in [7, 11) is 0. The van der Waals surface area contributed by atoms with Crippen LogP contribution in [0.3, 0.4) is 0 Å². The number of piperidine rings is 1. The molecule has 8 heteroatoms. The molecule has 1 N–H and O–H groups in total. The Labute approximate surface area is 134 Å². The Hall–Kier alpha value is -1.99. The summed E-state index contributed by atoms with van der Waals surface area (Å²) in [5.74, 6) is 0.492. The fraction of sp³-hybridized carbons (Fsp3) is 0.667. The van der Waals surface area contributed by atoms with Crippen molar-refractivity contribution in [2.75, 3.05) is 18.0 Å². The van der Waals surface area contributed by atoms with Gasteiger partial charge in [0.1, 0.15) is 23.4 Å². The summed E-state index contributed by atoms with van der Waals surface area (Å²) < 4.78 is 30.6. The van der Waals surface area contributed by atoms with E-state index in [2.05, 4.69) is 15.3 Å². The number of aromatic nitrogens is 2. The van der Waals surface area contributed by atoms with Crippen molar-refractivity contribution in [2.45, 2.75) is 51.7 Å². The van der Waals surface area contributed by atoms with Crippen molar-refractivity contribution in [3.63, 3.8) is 0 Å². The van der Waals surface area contributed by atoms with Crippen LogP contribution in [0.1, 0.15) is 45.7 Å². The molecule has 0 atom stereocenters. The first-order valence-electron chi connectivity index (χ1n) is 7.59. The number of anilines is 1. The van der Waals surface area contributed by atoms with Gasteiger partial charge in [-0.3, -0.25) is 0 Å². The van der Waals surface area contributed by atoms with Crippen molar-refractivity contribution in [2.24, 2.45) is 0 Å². The molecule has 1 aromatic heterocycles. The molecule has 2 rings (SSSR count). The molecular formula is C15H22F2N4O2. The van der Waals surface area contributed by atoms with Gasteiger partial charge >= 0.3 is 6.09 Å². The van der Waals surface area contributed by atoms with Crippen molar-refractivity contribution >= 4 is 11.9 Å². The zero-order valence-electron chi connectivity index (χ0n) is 13.6. The molecular weight excluding hydrogens is 306 g/mol. The van der Waals surface area contributed by atoms with Crippen LogP contribution in [0.25, 0.3) is 0 Å². The van der Waals surface area contributed by atoms with E-state index in [4.69, 9.17) is 4.74 Å². The van der Waals surface area contributed by atoms with Crippen molar-refractivity contribution in [1.82, 2.24) is 15.3 Å². The summed E-state index contributed by atoms with van der Waals surface area (Å²) in [5.41, 5.74) is -0.804. The lowest BCUT2D eigenvalue weighted by molar-refractivity contribution is 0.0497. The van der Waals surface area contributed by atoms with E-state index < -0.39 is 18.1 Å². The van der Waals surface area contributed by atoms with Gasteiger partial charge in [-0.05, 0) is 33.6 Å². The van der Waals surface area contributed by atoms with Gasteiger partial charge in [0.2, 0.25) is 0 Å². The standard InChI is InChI=1S/C15H22F2N4O2/c1-15(2,3)23-14(22)20-10-4-6-21(7-5-10)12-8-11(13(16)17)18-9-19-12/h8-10,13H,4-7H2,1-3H3,(H,20,22). The van der Waals surface area contributed by atoms with Crippen LogP contribution in [-0.2, 0) is 4.74 Å². The average molecular weight is 328 g/mol. The van der Waals surface area contributed by atoms with Crippen LogP contribution in [0.2, 0.25) is 0 Å². The summed E-state index contributed by atoms with van der Waals surface area (Å²) >= 11 is 0. The summed E-state index contributed by atoms with van der Waals surface area (Å²) in [5, 5.41) is 2.84. The second-order valence-electron chi connectivity index (χ2n) is 6.51. The third kappa shape index (κ3) is 5.30. The van der Waals surface area contributed by atoms with Gasteiger partial charge in [0.25, 0.3) is 6.43 Å². The molecule has 2 heterocycles. The number of carbonyl (C=O) groups is 1. The summed E-state index contributed by atoms with van der Waals surface area (Å²) in [6.07, 6.45) is -0.483. The minimum absolute atomic E-state index is 0.0116. The predicted octanol–water partition coefficient (Wildman–Crippen LogP) is 2.91. The molecule has 23 heavy (non-hydrogen) atoms. The third-order valence-corrected chi connectivity index (χ3v) is 3.44. The maximum Gasteiger partial charge on any atom is 0.407 e. The molecule has 0 bridgehead atoms. The number of alkyl halides is 2. The minimum atomic E-state index is -2.61. The fourth-order valence-corrected chi connectivity index (χ4v) is 2.38. The Morgan fingerprint density at radius 3 is 2.57 bits per heavy atom. The maximum absolute atomic E-state index is 12.7. The fourth-order valence-electron chi connectivity index (χ4n) is 2.38. The van der Waals surface area contributed by atoms with Crippen LogP contribution >= 0.6 is 0 Å². The molecule has 0 aromatic carbocycles. The number of hydrogen-bond donors (Lipinski definition) is 1. The molecule has 0 radical (unpaired) electrons. The number of halogens is 2. The Bertz CT molecular complexity index is 541. The lowest BCUT2D eigenvalue weighted by Gasteiger charge is -2.33. The first-order chi connectivity index (χ1) is 10.7. The molecule has 128 valence electrons. The molecule has 6 nitrogen and oxygen atoms in total. The molecule has 1 fully saturated rings. The van der Waals surface area contributed by atoms with E-state index in [9.17, 15) is 13.6 Å². The Morgan fingerprint density at radius 2 is 2.00 bits per heavy atom. The third-order valence-electron chi connectivity index (χ3n) is 3.44. The van der Waals surface area contributed by atoms with Crippen molar-refractivity contribution in [1.29, 1.82) is 0 Å². The molecule has 1 aliphatic heterocycles. The van der Waals surface area contributed by atoms with Crippen molar-refractivity contribution in [3.8, 4) is 0 Å². The van der Waals surface area contributed by atoms with E-state index in [0.29, 0.717) is 31.7 Å². The average Bonchev–Trinajstić information content (AvgIpc) is 2.46. The number of alkyl carbamates (subject to hydrolysis) is 1. The monoisotopic (exact) mass is 328 g/mol. The smallest absolute Gasteiger partial charge is 0.407 e. The largest absolute Gasteiger partial charge is 0.444 e. The zero-order chi connectivity index (χ0) is 17.0. The highest BCUT2D eigenvalue weighted by atomic mass is 19.3. The lowest BCUT2D eigenvalue weighted by atomic mass is 10.1. The van der Waals surface area contributed by atoms with Gasteiger partial charge < -0.3 is 15.0 Å². The van der Waals surface area contributed by atoms with Crippen LogP contribution in [0.15, 0.2) is 12.4 Å². The summed E-state index contributed by atoms with van der Waals surface area (Å²) in [6, 6.07) is 1.32. The van der Waals surface area contributed by atoms with Gasteiger partial charge in [0.15, 0.2) is 0 Å². The molecule has 0 spiro atoms. The molecule has 0 saturated carbocycles. The highest BCUT2D eigenvalue weighted by Gasteiger charge is 2.24. The number of hydrogen-bond acceptors (Lipinski definition) is 5. The Kier molecular flexibility index (Phi) is 5.33. The molecule has 1 amide bonds. The highest BCUT2D eigenvalue weighted by molar-refractivity contribution is 5.68. The first kappa shape index (κ1) is 17.4. The van der Waals surface area contributed by atoms with Gasteiger partial charge in [0, 0.05) is 25.2 Å². The topological polar surface area (TPSA) is 67.3 Å². The van der Waals surface area contributed by atoms with Crippen molar-refractivity contribution in [3.05, 3.63) is 18.1 Å². The van der Waals surface area contributed by atoms with Gasteiger partial charge in [-0.15, -0.1) is 0 Å². The van der Waals surface area contributed by atoms with Crippen molar-refractivity contribution < 1.29 is 18.3 Å². The minimum Gasteiger partial charge on any atom is -0.444 e. The Balaban J connectivity index is 1.86. The number of ether oxygens (including phenoxy) is 1. The van der Waals surface area contributed by atoms with Crippen LogP contribution in [0.5, 0.6) is 0 Å². The first-order valence-corrected chi connectivity index (χ1v) is 7.59. The van der Waals surface area contributed by atoms with Gasteiger partial charge in [-0.1, -0.05) is 0 Å². The van der Waals surface area contributed by atoms with Gasteiger partial charge in [0.05, 0.1) is 0 Å². The van der Waals surface area contributed by atoms with Crippen LogP contribution in [0, 0.1) is 0 Å². The number of nitrogens with zero attached hydrogens (tertiary/aromatic N) is 3. The second kappa shape index (κ2) is 7.06. The number of carbonyl (C=O) groups excluding carboxylic acids is 1. The highest BCUT2D eigenvalue weighted by Crippen LogP contribution is 2.22. The predicted molar refractivity (Wildman–Crippen MR) is 81.6 cm³/mol. The SMILES string of the molecule is CC(C)(C)OC(=O)NC1CCN(c2cc(C(F)F)ncn2)CC1. The van der Waals surface area contributed by atoms with Crippen LogP contribution in [-0.4, -0.2) is 40.8 Å². The molecule has 0 unspecified atom stereocenters. The molecule has 1 aliphatic rings. The second-order valence-corrected chi connectivity index (χ2v) is 6.51. The molecule has 1 saturated heterocycles. The number of amides is 1. The van der Waals surface area contributed by atoms with Crippen LogP contribution in [0.4, 0.5) is 19.4 Å². The van der Waals surface area contributed by atoms with Gasteiger partial charge in [-0.25, -0.2) is 23.5 Å². The quantitative estimate of drug-likeness (QED) is 0.924. The molecule has 0 aliphatic carbocycles. The van der Waals surface area contributed by atoms with E-state index >= 15 is 0 Å². The van der Waals surface area contributed by atoms with E-state index in [-0.39, 0.29) is 11.7 Å². The molecule has 1 aromatic rings. The summed E-state index contributed by atoms with van der Waals surface area (Å²) in [4.78, 5) is 21.3. The van der Waals surface area contributed by atoms with Crippen LogP contribution < -0.4 is 10.2 Å². The normalized spacial score (nSPS) is 16.5. The van der Waals surface area contributed by atoms with Gasteiger partial charge in [-0.2, -0.15) is 0 Å². The Morgan fingerprint density at radius 1 is 1.35 bits per heavy atom. The summed E-state index contributed by atoms with van der Waals surface area (Å²) in [6.45, 7) is 6.68. The van der Waals surface area contributed by atoms with E-state index in [0.717, 1.165) is 6.33 Å². The van der Waals surface area contributed by atoms with E-state index in [1.165, 1.54) is 6.07 Å².